The van der Waals surface area contributed by atoms with E-state index < -0.39 is 11.0 Å². The van der Waals surface area contributed by atoms with E-state index in [9.17, 15) is 4.21 Å². The van der Waals surface area contributed by atoms with Crippen LogP contribution >= 0.6 is 0 Å². The lowest BCUT2D eigenvalue weighted by Gasteiger charge is -2.27. The Morgan fingerprint density at radius 2 is 1.85 bits per heavy atom. The Bertz CT molecular complexity index is 414. The molecule has 1 N–H and O–H groups in total. The second-order valence-electron chi connectivity index (χ2n) is 6.02. The summed E-state index contributed by atoms with van der Waals surface area (Å²) in [7, 11) is -1.07. The van der Waals surface area contributed by atoms with Crippen LogP contribution in [-0.2, 0) is 22.3 Å². The van der Waals surface area contributed by atoms with Crippen LogP contribution in [-0.4, -0.2) is 21.1 Å². The second-order valence-corrected chi connectivity index (χ2v) is 8.01. The fourth-order valence-corrected chi connectivity index (χ4v) is 2.73. The summed E-state index contributed by atoms with van der Waals surface area (Å²) >= 11 is 0. The van der Waals surface area contributed by atoms with Crippen LogP contribution in [0.5, 0.6) is 0 Å². The molecule has 1 aromatic carbocycles. The molecular formula is C16H27NO2S. The first-order chi connectivity index (χ1) is 9.34. The van der Waals surface area contributed by atoms with E-state index in [0.29, 0.717) is 6.61 Å². The Labute approximate surface area is 125 Å². The first kappa shape index (κ1) is 17.3. The van der Waals surface area contributed by atoms with Gasteiger partial charge >= 0.3 is 0 Å². The molecule has 0 aromatic heterocycles. The van der Waals surface area contributed by atoms with Crippen molar-refractivity contribution in [3.63, 3.8) is 0 Å². The van der Waals surface area contributed by atoms with E-state index >= 15 is 0 Å². The van der Waals surface area contributed by atoms with Crippen LogP contribution < -0.4 is 4.72 Å². The van der Waals surface area contributed by atoms with Crippen LogP contribution in [0.3, 0.4) is 0 Å². The van der Waals surface area contributed by atoms with Crippen LogP contribution in [0.25, 0.3) is 0 Å². The van der Waals surface area contributed by atoms with E-state index in [1.165, 1.54) is 0 Å². The fraction of sp³-hybridized carbons (Fsp3) is 0.625. The normalized spacial score (nSPS) is 16.6. The molecule has 1 aromatic rings. The van der Waals surface area contributed by atoms with Crippen molar-refractivity contribution in [3.05, 3.63) is 35.9 Å². The van der Waals surface area contributed by atoms with Crippen LogP contribution in [0.4, 0.5) is 0 Å². The van der Waals surface area contributed by atoms with Crippen molar-refractivity contribution in [1.82, 2.24) is 4.72 Å². The van der Waals surface area contributed by atoms with Crippen molar-refractivity contribution < 1.29 is 8.95 Å². The van der Waals surface area contributed by atoms with Crippen molar-refractivity contribution >= 4 is 11.0 Å². The first-order valence-corrected chi connectivity index (χ1v) is 8.33. The molecule has 0 aliphatic rings. The summed E-state index contributed by atoms with van der Waals surface area (Å²) in [5.41, 5.74) is 1.16. The number of hydrogen-bond donors (Lipinski definition) is 1. The molecule has 0 spiro atoms. The first-order valence-electron chi connectivity index (χ1n) is 7.18. The van der Waals surface area contributed by atoms with Gasteiger partial charge in [-0.3, -0.25) is 0 Å². The number of benzene rings is 1. The molecule has 0 heterocycles. The molecule has 0 saturated carbocycles. The SMILES string of the molecule is CC[C@H](N[S@@](=O)C(C)(C)C)[C@H](C)OCc1ccccc1. The molecule has 4 heteroatoms. The second kappa shape index (κ2) is 7.91. The molecule has 20 heavy (non-hydrogen) atoms. The van der Waals surface area contributed by atoms with Gasteiger partial charge in [0.1, 0.15) is 0 Å². The Hall–Kier alpha value is -0.710. The van der Waals surface area contributed by atoms with E-state index in [2.05, 4.69) is 23.8 Å². The third-order valence-corrected chi connectivity index (χ3v) is 4.81. The molecule has 3 atom stereocenters. The minimum Gasteiger partial charge on any atom is -0.372 e. The highest BCUT2D eigenvalue weighted by Crippen LogP contribution is 2.13. The monoisotopic (exact) mass is 297 g/mol. The zero-order chi connectivity index (χ0) is 15.2. The third-order valence-electron chi connectivity index (χ3n) is 3.18. The molecule has 0 fully saturated rings. The minimum absolute atomic E-state index is 0.0199. The smallest absolute Gasteiger partial charge is 0.0973 e. The maximum atomic E-state index is 12.2. The van der Waals surface area contributed by atoms with Gasteiger partial charge in [0.15, 0.2) is 0 Å². The van der Waals surface area contributed by atoms with Gasteiger partial charge in [0.2, 0.25) is 0 Å². The predicted molar refractivity (Wildman–Crippen MR) is 85.8 cm³/mol. The van der Waals surface area contributed by atoms with Crippen molar-refractivity contribution in [3.8, 4) is 0 Å². The molecule has 0 saturated heterocycles. The Balaban J connectivity index is 2.51. The standard InChI is InChI=1S/C16H27NO2S/c1-6-15(17-20(18)16(3,4)5)13(2)19-12-14-10-8-7-9-11-14/h7-11,13,15,17H,6,12H2,1-5H3/t13-,15-,20-/m0/s1. The van der Waals surface area contributed by atoms with Gasteiger partial charge in [-0.15, -0.1) is 0 Å². The molecule has 0 aliphatic carbocycles. The van der Waals surface area contributed by atoms with Gasteiger partial charge in [0.05, 0.1) is 28.4 Å². The Kier molecular flexibility index (Phi) is 6.86. The molecule has 0 bridgehead atoms. The largest absolute Gasteiger partial charge is 0.372 e. The summed E-state index contributed by atoms with van der Waals surface area (Å²) in [6, 6.07) is 10.2. The van der Waals surface area contributed by atoms with Crippen molar-refractivity contribution in [2.45, 2.75) is 64.5 Å². The Morgan fingerprint density at radius 1 is 1.25 bits per heavy atom. The highest BCUT2D eigenvalue weighted by Gasteiger charge is 2.25. The highest BCUT2D eigenvalue weighted by molar-refractivity contribution is 7.84. The summed E-state index contributed by atoms with van der Waals surface area (Å²) < 4.78 is 21.0. The molecule has 0 amide bonds. The maximum Gasteiger partial charge on any atom is 0.0973 e. The number of hydrogen-bond acceptors (Lipinski definition) is 2. The van der Waals surface area contributed by atoms with Gasteiger partial charge in [-0.25, -0.2) is 8.93 Å². The van der Waals surface area contributed by atoms with E-state index in [-0.39, 0.29) is 16.9 Å². The van der Waals surface area contributed by atoms with E-state index in [1.807, 2.05) is 45.9 Å². The maximum absolute atomic E-state index is 12.2. The molecule has 0 aliphatic heterocycles. The summed E-state index contributed by atoms with van der Waals surface area (Å²) in [4.78, 5) is 0. The topological polar surface area (TPSA) is 38.3 Å². The lowest BCUT2D eigenvalue weighted by atomic mass is 10.1. The number of rotatable bonds is 7. The number of ether oxygens (including phenoxy) is 1. The lowest BCUT2D eigenvalue weighted by Crippen LogP contribution is -2.45. The van der Waals surface area contributed by atoms with E-state index in [1.54, 1.807) is 0 Å². The molecule has 114 valence electrons. The van der Waals surface area contributed by atoms with E-state index in [0.717, 1.165) is 12.0 Å². The molecule has 0 unspecified atom stereocenters. The molecular weight excluding hydrogens is 270 g/mol. The van der Waals surface area contributed by atoms with Crippen molar-refractivity contribution in [2.24, 2.45) is 0 Å². The summed E-state index contributed by atoms with van der Waals surface area (Å²) in [5.74, 6) is 0. The zero-order valence-corrected chi connectivity index (χ0v) is 14.0. The van der Waals surface area contributed by atoms with Gasteiger partial charge in [0.25, 0.3) is 0 Å². The Morgan fingerprint density at radius 3 is 2.35 bits per heavy atom. The average Bonchev–Trinajstić information content (AvgIpc) is 2.41. The lowest BCUT2D eigenvalue weighted by molar-refractivity contribution is 0.0317. The quantitative estimate of drug-likeness (QED) is 0.837. The van der Waals surface area contributed by atoms with E-state index in [4.69, 9.17) is 4.74 Å². The van der Waals surface area contributed by atoms with Gasteiger partial charge in [0, 0.05) is 6.04 Å². The third kappa shape index (κ3) is 5.73. The van der Waals surface area contributed by atoms with Gasteiger partial charge in [-0.2, -0.15) is 0 Å². The van der Waals surface area contributed by atoms with Crippen molar-refractivity contribution in [2.75, 3.05) is 0 Å². The average molecular weight is 297 g/mol. The predicted octanol–water partition coefficient (Wildman–Crippen LogP) is 3.42. The fourth-order valence-electron chi connectivity index (χ4n) is 1.74. The number of nitrogens with one attached hydrogen (secondary N) is 1. The highest BCUT2D eigenvalue weighted by atomic mass is 32.2. The van der Waals surface area contributed by atoms with Gasteiger partial charge in [-0.1, -0.05) is 37.3 Å². The van der Waals surface area contributed by atoms with Crippen LogP contribution in [0.1, 0.15) is 46.6 Å². The van der Waals surface area contributed by atoms with Gasteiger partial charge < -0.3 is 4.74 Å². The summed E-state index contributed by atoms with van der Waals surface area (Å²) in [6.45, 7) is 10.6. The van der Waals surface area contributed by atoms with Crippen LogP contribution in [0, 0.1) is 0 Å². The van der Waals surface area contributed by atoms with Crippen LogP contribution in [0.15, 0.2) is 30.3 Å². The summed E-state index contributed by atoms with van der Waals surface area (Å²) in [5, 5.41) is 0. The zero-order valence-electron chi connectivity index (χ0n) is 13.2. The van der Waals surface area contributed by atoms with Crippen LogP contribution in [0.2, 0.25) is 0 Å². The molecule has 1 rings (SSSR count). The summed E-state index contributed by atoms with van der Waals surface area (Å²) in [6.07, 6.45) is 0.907. The molecule has 3 nitrogen and oxygen atoms in total. The minimum atomic E-state index is -1.07. The van der Waals surface area contributed by atoms with Crippen molar-refractivity contribution in [1.29, 1.82) is 0 Å². The van der Waals surface area contributed by atoms with Gasteiger partial charge in [-0.05, 0) is 39.7 Å². The molecule has 0 radical (unpaired) electrons.